The number of nitrogens with zero attached hydrogens (tertiary/aromatic N) is 2. The van der Waals surface area contributed by atoms with Crippen LogP contribution in [0.1, 0.15) is 31.9 Å². The molecule has 8 nitrogen and oxygen atoms in total. The zero-order chi connectivity index (χ0) is 34.0. The lowest BCUT2D eigenvalue weighted by Gasteiger charge is -2.34. The summed E-state index contributed by atoms with van der Waals surface area (Å²) in [7, 11) is -4.23. The van der Waals surface area contributed by atoms with Crippen molar-refractivity contribution in [1.82, 2.24) is 10.2 Å². The van der Waals surface area contributed by atoms with Crippen LogP contribution >= 0.6 is 23.2 Å². The summed E-state index contributed by atoms with van der Waals surface area (Å²) in [4.78, 5) is 29.8. The highest BCUT2D eigenvalue weighted by molar-refractivity contribution is 7.92. The third-order valence-corrected chi connectivity index (χ3v) is 9.87. The highest BCUT2D eigenvalue weighted by atomic mass is 35.5. The monoisotopic (exact) mass is 695 g/mol. The second-order valence-corrected chi connectivity index (χ2v) is 14.0. The van der Waals surface area contributed by atoms with Crippen LogP contribution in [0.2, 0.25) is 10.0 Å². The third kappa shape index (κ3) is 9.73. The molecule has 4 aromatic carbocycles. The van der Waals surface area contributed by atoms with Crippen LogP contribution in [-0.4, -0.2) is 50.9 Å². The Kier molecular flexibility index (Phi) is 12.7. The van der Waals surface area contributed by atoms with Gasteiger partial charge in [0.05, 0.1) is 27.2 Å². The number of hydrogen-bond donors (Lipinski definition) is 1. The van der Waals surface area contributed by atoms with Gasteiger partial charge in [0.25, 0.3) is 10.0 Å². The molecule has 0 unspecified atom stereocenters. The Balaban J connectivity index is 1.78. The Labute approximate surface area is 287 Å². The minimum Gasteiger partial charge on any atom is -0.494 e. The largest absolute Gasteiger partial charge is 0.494 e. The van der Waals surface area contributed by atoms with Crippen molar-refractivity contribution in [2.24, 2.45) is 5.92 Å². The number of rotatable bonds is 15. The van der Waals surface area contributed by atoms with E-state index in [1.165, 1.54) is 17.0 Å². The normalized spacial score (nSPS) is 12.0. The number of carbonyl (C=O) groups is 2. The maximum absolute atomic E-state index is 14.5. The molecule has 0 aromatic heterocycles. The third-order valence-electron chi connectivity index (χ3n) is 7.34. The fraction of sp³-hybridized carbons (Fsp3) is 0.278. The highest BCUT2D eigenvalue weighted by Crippen LogP contribution is 2.27. The van der Waals surface area contributed by atoms with Gasteiger partial charge in [0.15, 0.2) is 0 Å². The van der Waals surface area contributed by atoms with Gasteiger partial charge >= 0.3 is 0 Å². The quantitative estimate of drug-likeness (QED) is 0.145. The summed E-state index contributed by atoms with van der Waals surface area (Å²) < 4.78 is 34.9. The zero-order valence-corrected chi connectivity index (χ0v) is 28.9. The van der Waals surface area contributed by atoms with Crippen LogP contribution in [0.15, 0.2) is 108 Å². The molecule has 0 aliphatic carbocycles. The number of sulfonamides is 1. The second kappa shape index (κ2) is 16.7. The van der Waals surface area contributed by atoms with E-state index < -0.39 is 28.5 Å². The van der Waals surface area contributed by atoms with E-state index in [9.17, 15) is 18.0 Å². The van der Waals surface area contributed by atoms with Crippen LogP contribution in [0.3, 0.4) is 0 Å². The standard InChI is InChI=1S/C36H39Cl2N3O5S/c1-4-46-30-16-18-31(19-17-30)47(44,45)41(29-13-9-6-10-14-29)25-35(42)40(24-28-15-20-32(37)33(38)21-28)34(36(43)39-23-26(2)3)22-27-11-7-5-8-12-27/h5-21,26,34H,4,22-25H2,1-3H3,(H,39,43)/t34-/m0/s1. The average Bonchev–Trinajstić information content (AvgIpc) is 3.06. The predicted molar refractivity (Wildman–Crippen MR) is 187 cm³/mol. The molecule has 0 radical (unpaired) electrons. The van der Waals surface area contributed by atoms with E-state index in [0.29, 0.717) is 40.2 Å². The fourth-order valence-electron chi connectivity index (χ4n) is 4.94. The van der Waals surface area contributed by atoms with Gasteiger partial charge in [-0.25, -0.2) is 8.42 Å². The van der Waals surface area contributed by atoms with Crippen LogP contribution in [0.5, 0.6) is 5.75 Å². The topological polar surface area (TPSA) is 96.0 Å². The van der Waals surface area contributed by atoms with Gasteiger partial charge in [0, 0.05) is 19.5 Å². The van der Waals surface area contributed by atoms with E-state index >= 15 is 0 Å². The lowest BCUT2D eigenvalue weighted by atomic mass is 10.0. The Morgan fingerprint density at radius 1 is 0.830 bits per heavy atom. The number of anilines is 1. The summed E-state index contributed by atoms with van der Waals surface area (Å²) in [5.41, 5.74) is 1.77. The molecule has 0 saturated heterocycles. The smallest absolute Gasteiger partial charge is 0.264 e. The molecule has 0 fully saturated rings. The molecule has 1 atom stereocenters. The first-order chi connectivity index (χ1) is 22.5. The lowest BCUT2D eigenvalue weighted by Crippen LogP contribution is -2.53. The maximum Gasteiger partial charge on any atom is 0.264 e. The molecule has 248 valence electrons. The molecular formula is C36H39Cl2N3O5S. The van der Waals surface area contributed by atoms with Crippen molar-refractivity contribution >= 4 is 50.7 Å². The van der Waals surface area contributed by atoms with E-state index in [0.717, 1.165) is 9.87 Å². The number of amides is 2. The molecule has 2 amide bonds. The Morgan fingerprint density at radius 3 is 2.06 bits per heavy atom. The van der Waals surface area contributed by atoms with Crippen molar-refractivity contribution in [2.45, 2.75) is 44.7 Å². The number of benzene rings is 4. The molecule has 4 aromatic rings. The summed E-state index contributed by atoms with van der Waals surface area (Å²) in [6.07, 6.45) is 0.203. The molecule has 4 rings (SSSR count). The van der Waals surface area contributed by atoms with E-state index in [1.807, 2.05) is 51.1 Å². The number of halogens is 2. The minimum absolute atomic E-state index is 0.0100. The summed E-state index contributed by atoms with van der Waals surface area (Å²) in [5, 5.41) is 3.62. The van der Waals surface area contributed by atoms with E-state index in [-0.39, 0.29) is 29.7 Å². The first kappa shape index (κ1) is 35.8. The number of ether oxygens (including phenoxy) is 1. The SMILES string of the molecule is CCOc1ccc(S(=O)(=O)N(CC(=O)N(Cc2ccc(Cl)c(Cl)c2)[C@@H](Cc2ccccc2)C(=O)NCC(C)C)c2ccccc2)cc1. The van der Waals surface area contributed by atoms with Crippen LogP contribution in [0, 0.1) is 5.92 Å². The zero-order valence-electron chi connectivity index (χ0n) is 26.6. The number of para-hydroxylation sites is 1. The number of nitrogens with one attached hydrogen (secondary N) is 1. The summed E-state index contributed by atoms with van der Waals surface area (Å²) in [6.45, 7) is 6.05. The van der Waals surface area contributed by atoms with E-state index in [1.54, 1.807) is 60.7 Å². The lowest BCUT2D eigenvalue weighted by molar-refractivity contribution is -0.140. The van der Waals surface area contributed by atoms with Crippen molar-refractivity contribution in [3.8, 4) is 5.75 Å². The van der Waals surface area contributed by atoms with E-state index in [4.69, 9.17) is 27.9 Å². The van der Waals surface area contributed by atoms with Gasteiger partial charge in [0.2, 0.25) is 11.8 Å². The van der Waals surface area contributed by atoms with Crippen LogP contribution in [0.25, 0.3) is 0 Å². The first-order valence-corrected chi connectivity index (χ1v) is 17.5. The molecule has 0 heterocycles. The Hall–Kier alpha value is -4.05. The van der Waals surface area contributed by atoms with E-state index in [2.05, 4.69) is 5.32 Å². The molecule has 1 N–H and O–H groups in total. The highest BCUT2D eigenvalue weighted by Gasteiger charge is 2.34. The fourth-order valence-corrected chi connectivity index (χ4v) is 6.67. The molecule has 0 saturated carbocycles. The number of carbonyl (C=O) groups excluding carboxylic acids is 2. The Bertz CT molecular complexity index is 1740. The van der Waals surface area contributed by atoms with Gasteiger partial charge < -0.3 is 15.0 Å². The molecule has 0 bridgehead atoms. The van der Waals surface area contributed by atoms with Crippen molar-refractivity contribution < 1.29 is 22.7 Å². The van der Waals surface area contributed by atoms with Crippen molar-refractivity contribution in [3.63, 3.8) is 0 Å². The molecule has 11 heteroatoms. The van der Waals surface area contributed by atoms with Gasteiger partial charge in [-0.3, -0.25) is 13.9 Å². The van der Waals surface area contributed by atoms with Crippen molar-refractivity contribution in [2.75, 3.05) is 24.0 Å². The van der Waals surface area contributed by atoms with Crippen LogP contribution in [-0.2, 0) is 32.6 Å². The Morgan fingerprint density at radius 2 is 1.47 bits per heavy atom. The molecule has 0 aliphatic rings. The summed E-state index contributed by atoms with van der Waals surface area (Å²) in [5.74, 6) is -0.229. The van der Waals surface area contributed by atoms with Crippen molar-refractivity contribution in [3.05, 3.63) is 124 Å². The average molecular weight is 697 g/mol. The van der Waals surface area contributed by atoms with Gasteiger partial charge in [-0.2, -0.15) is 0 Å². The van der Waals surface area contributed by atoms with Gasteiger partial charge in [0.1, 0.15) is 18.3 Å². The maximum atomic E-state index is 14.5. The van der Waals surface area contributed by atoms with Crippen LogP contribution in [0.4, 0.5) is 5.69 Å². The number of hydrogen-bond acceptors (Lipinski definition) is 5. The second-order valence-electron chi connectivity index (χ2n) is 11.4. The predicted octanol–water partition coefficient (Wildman–Crippen LogP) is 7.00. The van der Waals surface area contributed by atoms with Gasteiger partial charge in [-0.05, 0) is 72.5 Å². The molecule has 0 spiro atoms. The minimum atomic E-state index is -4.23. The summed E-state index contributed by atoms with van der Waals surface area (Å²) in [6, 6.07) is 27.9. The summed E-state index contributed by atoms with van der Waals surface area (Å²) >= 11 is 12.5. The molecule has 47 heavy (non-hydrogen) atoms. The molecule has 0 aliphatic heterocycles. The first-order valence-electron chi connectivity index (χ1n) is 15.3. The van der Waals surface area contributed by atoms with Crippen LogP contribution < -0.4 is 14.4 Å². The molecular weight excluding hydrogens is 657 g/mol. The van der Waals surface area contributed by atoms with Crippen molar-refractivity contribution in [1.29, 1.82) is 0 Å². The van der Waals surface area contributed by atoms with Gasteiger partial charge in [-0.15, -0.1) is 0 Å². The van der Waals surface area contributed by atoms with Gasteiger partial charge in [-0.1, -0.05) is 91.6 Å².